The van der Waals surface area contributed by atoms with Crippen LogP contribution in [0.25, 0.3) is 0 Å². The first-order valence-electron chi connectivity index (χ1n) is 6.63. The molecule has 1 aliphatic heterocycles. The highest BCUT2D eigenvalue weighted by atomic mass is 16.5. The number of ether oxygens (including phenoxy) is 1. The van der Waals surface area contributed by atoms with Crippen molar-refractivity contribution in [1.82, 2.24) is 4.90 Å². The number of rotatable bonds is 4. The van der Waals surface area contributed by atoms with E-state index in [-0.39, 0.29) is 5.91 Å². The summed E-state index contributed by atoms with van der Waals surface area (Å²) in [5.74, 6) is 0.785. The minimum atomic E-state index is 0.269. The molecule has 0 bridgehead atoms. The molecule has 1 fully saturated rings. The van der Waals surface area contributed by atoms with Crippen molar-refractivity contribution in [2.24, 2.45) is 0 Å². The number of amides is 1. The Kier molecular flexibility index (Phi) is 4.76. The van der Waals surface area contributed by atoms with Crippen molar-refractivity contribution in [3.05, 3.63) is 35.9 Å². The number of methoxy groups -OCH3 is 1. The van der Waals surface area contributed by atoms with Gasteiger partial charge in [0.1, 0.15) is 0 Å². The second kappa shape index (κ2) is 6.55. The molecule has 18 heavy (non-hydrogen) atoms. The molecular formula is C15H21NO2. The average molecular weight is 247 g/mol. The first kappa shape index (κ1) is 13.1. The van der Waals surface area contributed by atoms with Crippen molar-refractivity contribution in [2.45, 2.75) is 25.2 Å². The van der Waals surface area contributed by atoms with Gasteiger partial charge in [0.15, 0.2) is 0 Å². The van der Waals surface area contributed by atoms with E-state index >= 15 is 0 Å². The van der Waals surface area contributed by atoms with Crippen molar-refractivity contribution in [1.29, 1.82) is 0 Å². The Bertz CT molecular complexity index is 377. The van der Waals surface area contributed by atoms with E-state index in [1.807, 2.05) is 11.0 Å². The third kappa shape index (κ3) is 3.33. The van der Waals surface area contributed by atoms with Crippen LogP contribution in [0.2, 0.25) is 0 Å². The predicted octanol–water partition coefficient (Wildman–Crippen LogP) is 2.43. The summed E-state index contributed by atoms with van der Waals surface area (Å²) < 4.78 is 5.05. The molecule has 1 saturated heterocycles. The summed E-state index contributed by atoms with van der Waals surface area (Å²) in [4.78, 5) is 13.9. The van der Waals surface area contributed by atoms with Crippen molar-refractivity contribution in [3.63, 3.8) is 0 Å². The molecule has 1 aliphatic rings. The second-order valence-electron chi connectivity index (χ2n) is 4.81. The van der Waals surface area contributed by atoms with Gasteiger partial charge in [-0.2, -0.15) is 0 Å². The van der Waals surface area contributed by atoms with E-state index in [9.17, 15) is 4.79 Å². The summed E-state index contributed by atoms with van der Waals surface area (Å²) in [6.07, 6.45) is 2.68. The zero-order chi connectivity index (χ0) is 12.8. The summed E-state index contributed by atoms with van der Waals surface area (Å²) in [6, 6.07) is 10.5. The van der Waals surface area contributed by atoms with Crippen molar-refractivity contribution in [3.8, 4) is 0 Å². The lowest BCUT2D eigenvalue weighted by atomic mass is 9.92. The normalized spacial score (nSPS) is 20.8. The summed E-state index contributed by atoms with van der Waals surface area (Å²) in [7, 11) is 1.68. The molecule has 3 heteroatoms. The van der Waals surface area contributed by atoms with Crippen molar-refractivity contribution in [2.75, 3.05) is 26.8 Å². The fraction of sp³-hybridized carbons (Fsp3) is 0.533. The van der Waals surface area contributed by atoms with Crippen LogP contribution in [-0.4, -0.2) is 37.6 Å². The number of hydrogen-bond acceptors (Lipinski definition) is 2. The van der Waals surface area contributed by atoms with Crippen LogP contribution in [0.15, 0.2) is 30.3 Å². The molecule has 0 N–H and O–H groups in total. The van der Waals surface area contributed by atoms with Crippen LogP contribution in [0.5, 0.6) is 0 Å². The summed E-state index contributed by atoms with van der Waals surface area (Å²) in [5, 5.41) is 0. The molecular weight excluding hydrogens is 226 g/mol. The van der Waals surface area contributed by atoms with E-state index in [0.29, 0.717) is 18.9 Å². The van der Waals surface area contributed by atoms with Crippen LogP contribution in [0.1, 0.15) is 30.7 Å². The maximum atomic E-state index is 12.0. The number of carbonyl (C=O) groups excluding carboxylic acids is 1. The third-order valence-electron chi connectivity index (χ3n) is 3.64. The van der Waals surface area contributed by atoms with E-state index in [1.165, 1.54) is 5.56 Å². The minimum Gasteiger partial charge on any atom is -0.383 e. The van der Waals surface area contributed by atoms with Crippen molar-refractivity contribution < 1.29 is 9.53 Å². The van der Waals surface area contributed by atoms with Gasteiger partial charge in [0, 0.05) is 26.6 Å². The Hall–Kier alpha value is -1.35. The maximum absolute atomic E-state index is 12.0. The van der Waals surface area contributed by atoms with E-state index in [1.54, 1.807) is 7.11 Å². The Morgan fingerprint density at radius 2 is 2.06 bits per heavy atom. The molecule has 1 unspecified atom stereocenters. The predicted molar refractivity (Wildman–Crippen MR) is 71.5 cm³/mol. The minimum absolute atomic E-state index is 0.269. The molecule has 0 aromatic heterocycles. The number of benzene rings is 1. The molecule has 3 nitrogen and oxygen atoms in total. The highest BCUT2D eigenvalue weighted by molar-refractivity contribution is 5.76. The number of hydrogen-bond donors (Lipinski definition) is 0. The summed E-state index contributed by atoms with van der Waals surface area (Å²) >= 11 is 0. The van der Waals surface area contributed by atoms with E-state index in [0.717, 1.165) is 25.9 Å². The average Bonchev–Trinajstić information content (AvgIpc) is 2.60. The fourth-order valence-corrected chi connectivity index (χ4v) is 2.53. The Labute approximate surface area is 109 Å². The van der Waals surface area contributed by atoms with E-state index in [2.05, 4.69) is 24.3 Å². The van der Waals surface area contributed by atoms with Crippen LogP contribution < -0.4 is 0 Å². The maximum Gasteiger partial charge on any atom is 0.222 e. The van der Waals surface area contributed by atoms with Crippen LogP contribution in [-0.2, 0) is 9.53 Å². The van der Waals surface area contributed by atoms with Crippen LogP contribution >= 0.6 is 0 Å². The molecule has 98 valence electrons. The number of nitrogens with zero attached hydrogens (tertiary/aromatic N) is 1. The molecule has 1 aromatic rings. The SMILES string of the molecule is COCCN1CCC(c2ccccc2)CCC1=O. The van der Waals surface area contributed by atoms with Gasteiger partial charge in [0.25, 0.3) is 0 Å². The van der Waals surface area contributed by atoms with Gasteiger partial charge in [-0.05, 0) is 24.3 Å². The summed E-state index contributed by atoms with van der Waals surface area (Å²) in [5.41, 5.74) is 1.36. The zero-order valence-electron chi connectivity index (χ0n) is 11.0. The molecule has 0 radical (unpaired) electrons. The first-order chi connectivity index (χ1) is 8.81. The topological polar surface area (TPSA) is 29.5 Å². The number of carbonyl (C=O) groups is 1. The van der Waals surface area contributed by atoms with Crippen molar-refractivity contribution >= 4 is 5.91 Å². The fourth-order valence-electron chi connectivity index (χ4n) is 2.53. The van der Waals surface area contributed by atoms with Gasteiger partial charge < -0.3 is 9.64 Å². The van der Waals surface area contributed by atoms with Gasteiger partial charge in [-0.1, -0.05) is 30.3 Å². The second-order valence-corrected chi connectivity index (χ2v) is 4.81. The lowest BCUT2D eigenvalue weighted by Gasteiger charge is -2.20. The van der Waals surface area contributed by atoms with Crippen LogP contribution in [0.3, 0.4) is 0 Å². The van der Waals surface area contributed by atoms with Gasteiger partial charge in [0.05, 0.1) is 6.61 Å². The van der Waals surface area contributed by atoms with Gasteiger partial charge >= 0.3 is 0 Å². The molecule has 0 saturated carbocycles. The Balaban J connectivity index is 1.97. The first-order valence-corrected chi connectivity index (χ1v) is 6.63. The van der Waals surface area contributed by atoms with E-state index in [4.69, 9.17) is 4.74 Å². The Morgan fingerprint density at radius 1 is 1.28 bits per heavy atom. The third-order valence-corrected chi connectivity index (χ3v) is 3.64. The standard InChI is InChI=1S/C15H21NO2/c1-18-12-11-16-10-9-14(7-8-15(16)17)13-5-3-2-4-6-13/h2-6,14H,7-12H2,1H3. The monoisotopic (exact) mass is 247 g/mol. The van der Waals surface area contributed by atoms with E-state index < -0.39 is 0 Å². The van der Waals surface area contributed by atoms with Gasteiger partial charge in [-0.15, -0.1) is 0 Å². The highest BCUT2D eigenvalue weighted by Gasteiger charge is 2.22. The quantitative estimate of drug-likeness (QED) is 0.818. The largest absolute Gasteiger partial charge is 0.383 e. The van der Waals surface area contributed by atoms with Crippen LogP contribution in [0.4, 0.5) is 0 Å². The molecule has 1 atom stereocenters. The van der Waals surface area contributed by atoms with Crippen LogP contribution in [0, 0.1) is 0 Å². The zero-order valence-corrected chi connectivity index (χ0v) is 11.0. The molecule has 1 amide bonds. The van der Waals surface area contributed by atoms with Gasteiger partial charge in [-0.25, -0.2) is 0 Å². The lowest BCUT2D eigenvalue weighted by Crippen LogP contribution is -2.33. The number of likely N-dealkylation sites (tertiary alicyclic amines) is 1. The molecule has 0 spiro atoms. The lowest BCUT2D eigenvalue weighted by molar-refractivity contribution is -0.131. The molecule has 1 heterocycles. The van der Waals surface area contributed by atoms with Gasteiger partial charge in [0.2, 0.25) is 5.91 Å². The Morgan fingerprint density at radius 3 is 2.78 bits per heavy atom. The highest BCUT2D eigenvalue weighted by Crippen LogP contribution is 2.28. The smallest absolute Gasteiger partial charge is 0.222 e. The molecule has 2 rings (SSSR count). The van der Waals surface area contributed by atoms with Gasteiger partial charge in [-0.3, -0.25) is 4.79 Å². The molecule has 0 aliphatic carbocycles. The summed E-state index contributed by atoms with van der Waals surface area (Å²) in [6.45, 7) is 2.19. The molecule has 1 aromatic carbocycles.